The lowest BCUT2D eigenvalue weighted by Crippen LogP contribution is -2.38. The van der Waals surface area contributed by atoms with E-state index < -0.39 is 0 Å². The number of nitrogens with one attached hydrogen (secondary N) is 1. The number of nitrogens with zero attached hydrogens (tertiary/aromatic N) is 2. The maximum atomic E-state index is 12.8. The van der Waals surface area contributed by atoms with Crippen LogP contribution in [0.5, 0.6) is 11.5 Å². The Hall–Kier alpha value is -2.28. The smallest absolute Gasteiger partial charge is 0.227 e. The van der Waals surface area contributed by atoms with Crippen LogP contribution >= 0.6 is 11.3 Å². The second-order valence-corrected chi connectivity index (χ2v) is 8.75. The minimum atomic E-state index is 0.0219. The largest absolute Gasteiger partial charge is 0.493 e. The molecule has 1 saturated heterocycles. The van der Waals surface area contributed by atoms with Crippen molar-refractivity contribution in [2.75, 3.05) is 30.4 Å². The molecule has 0 atom stereocenters. The number of thiazole rings is 1. The molecule has 6 nitrogen and oxygen atoms in total. The first-order valence-corrected chi connectivity index (χ1v) is 11.3. The Balaban J connectivity index is 1.35. The molecule has 1 aromatic heterocycles. The van der Waals surface area contributed by atoms with E-state index in [4.69, 9.17) is 9.47 Å². The Morgan fingerprint density at radius 1 is 1.17 bits per heavy atom. The molecule has 1 N–H and O–H groups in total. The molecule has 1 aromatic carbocycles. The molecule has 2 heterocycles. The molecular formula is C22H29N3O3S. The van der Waals surface area contributed by atoms with E-state index in [0.717, 1.165) is 55.3 Å². The minimum Gasteiger partial charge on any atom is -0.493 e. The predicted octanol–water partition coefficient (Wildman–Crippen LogP) is 4.64. The lowest BCUT2D eigenvalue weighted by Gasteiger charge is -2.31. The van der Waals surface area contributed by atoms with Gasteiger partial charge in [0.1, 0.15) is 0 Å². The standard InChI is InChI=1S/C22H29N3O3S/c1-15-14-29-22(23-15)25-11-9-16(10-12-25)21(26)24-17-7-8-19(27-2)20(13-17)28-18-5-3-4-6-18/h7-8,13-14,16,18H,3-6,9-12H2,1-2H3,(H,24,26). The van der Waals surface area contributed by atoms with E-state index in [9.17, 15) is 4.79 Å². The molecule has 7 heteroatoms. The summed E-state index contributed by atoms with van der Waals surface area (Å²) in [7, 11) is 1.65. The number of aromatic nitrogens is 1. The molecular weight excluding hydrogens is 386 g/mol. The monoisotopic (exact) mass is 415 g/mol. The Kier molecular flexibility index (Phi) is 6.23. The molecule has 1 aliphatic heterocycles. The third kappa shape index (κ3) is 4.83. The molecule has 2 aromatic rings. The van der Waals surface area contributed by atoms with Crippen molar-refractivity contribution < 1.29 is 14.3 Å². The molecule has 29 heavy (non-hydrogen) atoms. The van der Waals surface area contributed by atoms with Crippen LogP contribution in [0.1, 0.15) is 44.2 Å². The summed E-state index contributed by atoms with van der Waals surface area (Å²) >= 11 is 1.67. The summed E-state index contributed by atoms with van der Waals surface area (Å²) in [6.07, 6.45) is 6.51. The van der Waals surface area contributed by atoms with Gasteiger partial charge in [-0.3, -0.25) is 4.79 Å². The third-order valence-electron chi connectivity index (χ3n) is 5.77. The summed E-state index contributed by atoms with van der Waals surface area (Å²) in [6.45, 7) is 3.74. The van der Waals surface area contributed by atoms with E-state index in [1.807, 2.05) is 25.1 Å². The van der Waals surface area contributed by atoms with Gasteiger partial charge < -0.3 is 19.7 Å². The summed E-state index contributed by atoms with van der Waals surface area (Å²) in [5, 5.41) is 6.21. The predicted molar refractivity (Wildman–Crippen MR) is 116 cm³/mol. The summed E-state index contributed by atoms with van der Waals surface area (Å²) in [6, 6.07) is 5.64. The van der Waals surface area contributed by atoms with Gasteiger partial charge in [0.15, 0.2) is 16.6 Å². The number of hydrogen-bond acceptors (Lipinski definition) is 6. The number of aryl methyl sites for hydroxylation is 1. The van der Waals surface area contributed by atoms with Crippen LogP contribution < -0.4 is 19.7 Å². The van der Waals surface area contributed by atoms with Crippen molar-refractivity contribution in [1.29, 1.82) is 0 Å². The van der Waals surface area contributed by atoms with Crippen LogP contribution in [-0.2, 0) is 4.79 Å². The average molecular weight is 416 g/mol. The van der Waals surface area contributed by atoms with Gasteiger partial charge in [0.25, 0.3) is 0 Å². The van der Waals surface area contributed by atoms with Gasteiger partial charge in [-0.1, -0.05) is 0 Å². The minimum absolute atomic E-state index is 0.0219. The SMILES string of the molecule is COc1ccc(NC(=O)C2CCN(c3nc(C)cs3)CC2)cc1OC1CCCC1. The van der Waals surface area contributed by atoms with Gasteiger partial charge in [-0.15, -0.1) is 11.3 Å². The highest BCUT2D eigenvalue weighted by Crippen LogP contribution is 2.34. The number of amides is 1. The molecule has 1 saturated carbocycles. The highest BCUT2D eigenvalue weighted by molar-refractivity contribution is 7.13. The van der Waals surface area contributed by atoms with Crippen molar-refractivity contribution in [1.82, 2.24) is 4.98 Å². The zero-order chi connectivity index (χ0) is 20.2. The van der Waals surface area contributed by atoms with Crippen LogP contribution in [0.15, 0.2) is 23.6 Å². The van der Waals surface area contributed by atoms with Crippen LogP contribution in [0.2, 0.25) is 0 Å². The van der Waals surface area contributed by atoms with Gasteiger partial charge >= 0.3 is 0 Å². The van der Waals surface area contributed by atoms with E-state index in [2.05, 4.69) is 20.6 Å². The summed E-state index contributed by atoms with van der Waals surface area (Å²) in [5.74, 6) is 1.53. The fourth-order valence-electron chi connectivity index (χ4n) is 4.10. The average Bonchev–Trinajstić information content (AvgIpc) is 3.40. The van der Waals surface area contributed by atoms with Crippen LogP contribution in [0.4, 0.5) is 10.8 Å². The molecule has 2 aliphatic rings. The Morgan fingerprint density at radius 3 is 2.59 bits per heavy atom. The second-order valence-electron chi connectivity index (χ2n) is 7.91. The highest BCUT2D eigenvalue weighted by atomic mass is 32.1. The van der Waals surface area contributed by atoms with Crippen molar-refractivity contribution in [3.63, 3.8) is 0 Å². The van der Waals surface area contributed by atoms with E-state index >= 15 is 0 Å². The molecule has 0 radical (unpaired) electrons. The normalized spacial score (nSPS) is 18.1. The molecule has 156 valence electrons. The number of carbonyl (C=O) groups excluding carboxylic acids is 1. The van der Waals surface area contributed by atoms with Crippen LogP contribution in [0.3, 0.4) is 0 Å². The zero-order valence-corrected chi connectivity index (χ0v) is 18.0. The third-order valence-corrected chi connectivity index (χ3v) is 6.79. The second kappa shape index (κ2) is 9.03. The van der Waals surface area contributed by atoms with E-state index in [-0.39, 0.29) is 17.9 Å². The van der Waals surface area contributed by atoms with Crippen molar-refractivity contribution in [2.45, 2.75) is 51.6 Å². The molecule has 4 rings (SSSR count). The van der Waals surface area contributed by atoms with Crippen molar-refractivity contribution in [2.24, 2.45) is 5.92 Å². The van der Waals surface area contributed by atoms with Gasteiger partial charge in [-0.25, -0.2) is 4.98 Å². The van der Waals surface area contributed by atoms with Gasteiger partial charge in [0.05, 0.1) is 18.9 Å². The molecule has 0 spiro atoms. The Labute approximate surface area is 176 Å². The maximum Gasteiger partial charge on any atom is 0.227 e. The fourth-order valence-corrected chi connectivity index (χ4v) is 4.95. The highest BCUT2D eigenvalue weighted by Gasteiger charge is 2.26. The van der Waals surface area contributed by atoms with Gasteiger partial charge in [-0.05, 0) is 57.6 Å². The lowest BCUT2D eigenvalue weighted by molar-refractivity contribution is -0.120. The van der Waals surface area contributed by atoms with Crippen molar-refractivity contribution >= 4 is 28.1 Å². The first kappa shape index (κ1) is 20.0. The van der Waals surface area contributed by atoms with Gasteiger partial charge in [-0.2, -0.15) is 0 Å². The summed E-state index contributed by atoms with van der Waals surface area (Å²) < 4.78 is 11.6. The summed E-state index contributed by atoms with van der Waals surface area (Å²) in [5.41, 5.74) is 1.82. The Morgan fingerprint density at radius 2 is 1.93 bits per heavy atom. The quantitative estimate of drug-likeness (QED) is 0.745. The first-order chi connectivity index (χ1) is 14.1. The van der Waals surface area contributed by atoms with Crippen molar-refractivity contribution in [3.8, 4) is 11.5 Å². The van der Waals surface area contributed by atoms with E-state index in [1.165, 1.54) is 12.8 Å². The number of rotatable bonds is 6. The topological polar surface area (TPSA) is 63.7 Å². The molecule has 1 amide bonds. The molecule has 0 unspecified atom stereocenters. The molecule has 0 bridgehead atoms. The zero-order valence-electron chi connectivity index (χ0n) is 17.1. The van der Waals surface area contributed by atoms with Crippen LogP contribution in [0.25, 0.3) is 0 Å². The number of benzene rings is 1. The number of piperidine rings is 1. The number of anilines is 2. The van der Waals surface area contributed by atoms with Gasteiger partial charge in [0.2, 0.25) is 5.91 Å². The lowest BCUT2D eigenvalue weighted by atomic mass is 9.96. The van der Waals surface area contributed by atoms with Crippen LogP contribution in [0, 0.1) is 12.8 Å². The molecule has 1 aliphatic carbocycles. The van der Waals surface area contributed by atoms with E-state index in [0.29, 0.717) is 11.5 Å². The molecule has 2 fully saturated rings. The van der Waals surface area contributed by atoms with Crippen LogP contribution in [-0.4, -0.2) is 37.2 Å². The fraction of sp³-hybridized carbons (Fsp3) is 0.545. The number of hydrogen-bond donors (Lipinski definition) is 1. The summed E-state index contributed by atoms with van der Waals surface area (Å²) in [4.78, 5) is 19.6. The first-order valence-electron chi connectivity index (χ1n) is 10.4. The van der Waals surface area contributed by atoms with Gasteiger partial charge in [0, 0.05) is 36.1 Å². The number of carbonyl (C=O) groups is 1. The van der Waals surface area contributed by atoms with Crippen molar-refractivity contribution in [3.05, 3.63) is 29.3 Å². The maximum absolute atomic E-state index is 12.8. The number of ether oxygens (including phenoxy) is 2. The number of methoxy groups -OCH3 is 1. The van der Waals surface area contributed by atoms with E-state index in [1.54, 1.807) is 18.4 Å². The Bertz CT molecular complexity index is 840.